The Morgan fingerprint density at radius 1 is 1.48 bits per heavy atom. The SMILES string of the molecule is CC(C)c1noc(NCCN(C)S(=O)(=O)c2cccs2)n1. The maximum absolute atomic E-state index is 12.2. The number of aromatic nitrogens is 2. The summed E-state index contributed by atoms with van der Waals surface area (Å²) in [4.78, 5) is 4.16. The molecule has 0 aromatic carbocycles. The van der Waals surface area contributed by atoms with Gasteiger partial charge in [-0.05, 0) is 11.4 Å². The van der Waals surface area contributed by atoms with Crippen LogP contribution in [0.3, 0.4) is 0 Å². The molecule has 0 unspecified atom stereocenters. The van der Waals surface area contributed by atoms with E-state index in [2.05, 4.69) is 15.5 Å². The van der Waals surface area contributed by atoms with Crippen LogP contribution in [0, 0.1) is 0 Å². The van der Waals surface area contributed by atoms with E-state index in [9.17, 15) is 8.42 Å². The van der Waals surface area contributed by atoms with Crippen LogP contribution in [0.4, 0.5) is 6.01 Å². The lowest BCUT2D eigenvalue weighted by atomic mass is 10.2. The van der Waals surface area contributed by atoms with Crippen LogP contribution in [0.25, 0.3) is 0 Å². The van der Waals surface area contributed by atoms with Crippen molar-refractivity contribution in [2.45, 2.75) is 24.0 Å². The Morgan fingerprint density at radius 2 is 2.24 bits per heavy atom. The van der Waals surface area contributed by atoms with Crippen LogP contribution in [0.15, 0.2) is 26.2 Å². The molecule has 0 fully saturated rings. The van der Waals surface area contributed by atoms with Gasteiger partial charge in [0.05, 0.1) is 0 Å². The molecular weight excluding hydrogens is 312 g/mol. The smallest absolute Gasteiger partial charge is 0.321 e. The normalized spacial score (nSPS) is 12.2. The van der Waals surface area contributed by atoms with Gasteiger partial charge in [-0.25, -0.2) is 8.42 Å². The Hall–Kier alpha value is -1.45. The van der Waals surface area contributed by atoms with E-state index >= 15 is 0 Å². The minimum atomic E-state index is -3.41. The lowest BCUT2D eigenvalue weighted by molar-refractivity contribution is 0.416. The average Bonchev–Trinajstić information content (AvgIpc) is 3.10. The molecule has 0 bridgehead atoms. The zero-order chi connectivity index (χ0) is 15.5. The molecule has 2 rings (SSSR count). The van der Waals surface area contributed by atoms with Crippen molar-refractivity contribution in [2.75, 3.05) is 25.5 Å². The monoisotopic (exact) mass is 330 g/mol. The molecule has 116 valence electrons. The average molecular weight is 330 g/mol. The Kier molecular flexibility index (Phi) is 4.96. The van der Waals surface area contributed by atoms with Crippen molar-refractivity contribution in [3.05, 3.63) is 23.3 Å². The van der Waals surface area contributed by atoms with Crippen LogP contribution in [-0.4, -0.2) is 43.0 Å². The molecule has 0 radical (unpaired) electrons. The minimum absolute atomic E-state index is 0.186. The van der Waals surface area contributed by atoms with Gasteiger partial charge in [0.25, 0.3) is 10.0 Å². The van der Waals surface area contributed by atoms with Crippen molar-refractivity contribution in [1.82, 2.24) is 14.4 Å². The standard InChI is InChI=1S/C12H18N4O3S2/c1-9(2)11-14-12(19-15-11)13-6-7-16(3)21(17,18)10-5-4-8-20-10/h4-5,8-9H,6-7H2,1-3H3,(H,13,14,15). The molecule has 21 heavy (non-hydrogen) atoms. The summed E-state index contributed by atoms with van der Waals surface area (Å²) in [5.41, 5.74) is 0. The molecule has 7 nitrogen and oxygen atoms in total. The van der Waals surface area contributed by atoms with Crippen molar-refractivity contribution in [1.29, 1.82) is 0 Å². The Balaban J connectivity index is 1.88. The molecule has 0 aliphatic rings. The molecular formula is C12H18N4O3S2. The van der Waals surface area contributed by atoms with E-state index in [4.69, 9.17) is 4.52 Å². The summed E-state index contributed by atoms with van der Waals surface area (Å²) in [6, 6.07) is 3.62. The van der Waals surface area contributed by atoms with E-state index < -0.39 is 10.0 Å². The fourth-order valence-corrected chi connectivity index (χ4v) is 3.92. The summed E-state index contributed by atoms with van der Waals surface area (Å²) in [5, 5.41) is 8.49. The van der Waals surface area contributed by atoms with Crippen LogP contribution in [0.2, 0.25) is 0 Å². The fraction of sp³-hybridized carbons (Fsp3) is 0.500. The van der Waals surface area contributed by atoms with Gasteiger partial charge in [0, 0.05) is 26.1 Å². The summed E-state index contributed by atoms with van der Waals surface area (Å²) in [6.07, 6.45) is 0. The van der Waals surface area contributed by atoms with E-state index in [1.807, 2.05) is 13.8 Å². The number of anilines is 1. The molecule has 0 saturated carbocycles. The van der Waals surface area contributed by atoms with Crippen molar-refractivity contribution < 1.29 is 12.9 Å². The highest BCUT2D eigenvalue weighted by atomic mass is 32.2. The minimum Gasteiger partial charge on any atom is -0.336 e. The van der Waals surface area contributed by atoms with Gasteiger partial charge >= 0.3 is 6.01 Å². The van der Waals surface area contributed by atoms with Crippen LogP contribution in [0.1, 0.15) is 25.6 Å². The van der Waals surface area contributed by atoms with Gasteiger partial charge in [-0.2, -0.15) is 9.29 Å². The number of thiophene rings is 1. The van der Waals surface area contributed by atoms with Gasteiger partial charge in [0.15, 0.2) is 5.82 Å². The number of sulfonamides is 1. The second-order valence-electron chi connectivity index (χ2n) is 4.80. The first kappa shape index (κ1) is 15.9. The van der Waals surface area contributed by atoms with E-state index in [0.29, 0.717) is 29.1 Å². The van der Waals surface area contributed by atoms with Crippen molar-refractivity contribution in [2.24, 2.45) is 0 Å². The third-order valence-electron chi connectivity index (χ3n) is 2.82. The molecule has 0 aliphatic carbocycles. The summed E-state index contributed by atoms with van der Waals surface area (Å²) in [7, 11) is -1.87. The molecule has 1 N–H and O–H groups in total. The second-order valence-corrected chi connectivity index (χ2v) is 8.02. The Labute approximate surface area is 128 Å². The van der Waals surface area contributed by atoms with Crippen LogP contribution < -0.4 is 5.32 Å². The van der Waals surface area contributed by atoms with Gasteiger partial charge in [-0.15, -0.1) is 11.3 Å². The number of rotatable bonds is 7. The Bertz CT molecular complexity index is 664. The number of nitrogens with one attached hydrogen (secondary N) is 1. The first-order valence-electron chi connectivity index (χ1n) is 6.48. The summed E-state index contributed by atoms with van der Waals surface area (Å²) < 4.78 is 31.0. The molecule has 0 atom stereocenters. The predicted octanol–water partition coefficient (Wildman–Crippen LogP) is 1.99. The molecule has 0 spiro atoms. The molecule has 0 saturated heterocycles. The highest BCUT2D eigenvalue weighted by Gasteiger charge is 2.21. The molecule has 9 heteroatoms. The largest absolute Gasteiger partial charge is 0.336 e. The Morgan fingerprint density at radius 3 is 2.81 bits per heavy atom. The second kappa shape index (κ2) is 6.54. The number of hydrogen-bond donors (Lipinski definition) is 1. The number of likely N-dealkylation sites (N-methyl/N-ethyl adjacent to an activating group) is 1. The van der Waals surface area contributed by atoms with Crippen LogP contribution in [0.5, 0.6) is 0 Å². The van der Waals surface area contributed by atoms with Gasteiger partial charge in [-0.1, -0.05) is 25.1 Å². The van der Waals surface area contributed by atoms with Crippen molar-refractivity contribution in [3.8, 4) is 0 Å². The van der Waals surface area contributed by atoms with Crippen molar-refractivity contribution >= 4 is 27.4 Å². The number of nitrogens with zero attached hydrogens (tertiary/aromatic N) is 3. The highest BCUT2D eigenvalue weighted by molar-refractivity contribution is 7.91. The topological polar surface area (TPSA) is 88.3 Å². The summed E-state index contributed by atoms with van der Waals surface area (Å²) >= 11 is 1.20. The maximum atomic E-state index is 12.2. The molecule has 2 aromatic rings. The fourth-order valence-electron chi connectivity index (χ4n) is 1.55. The first-order valence-corrected chi connectivity index (χ1v) is 8.80. The molecule has 2 heterocycles. The predicted molar refractivity (Wildman–Crippen MR) is 81.0 cm³/mol. The third kappa shape index (κ3) is 3.80. The van der Waals surface area contributed by atoms with E-state index in [0.717, 1.165) is 0 Å². The number of hydrogen-bond acceptors (Lipinski definition) is 7. The van der Waals surface area contributed by atoms with E-state index in [1.54, 1.807) is 24.6 Å². The van der Waals surface area contributed by atoms with Gasteiger partial charge < -0.3 is 9.84 Å². The van der Waals surface area contributed by atoms with E-state index in [1.165, 1.54) is 15.6 Å². The summed E-state index contributed by atoms with van der Waals surface area (Å²) in [6.45, 7) is 4.63. The third-order valence-corrected chi connectivity index (χ3v) is 6.05. The van der Waals surface area contributed by atoms with Gasteiger partial charge in [0.2, 0.25) is 0 Å². The van der Waals surface area contributed by atoms with Crippen molar-refractivity contribution in [3.63, 3.8) is 0 Å². The summed E-state index contributed by atoms with van der Waals surface area (Å²) in [5.74, 6) is 0.809. The quantitative estimate of drug-likeness (QED) is 0.835. The highest BCUT2D eigenvalue weighted by Crippen LogP contribution is 2.19. The van der Waals surface area contributed by atoms with E-state index in [-0.39, 0.29) is 5.92 Å². The molecule has 0 aliphatic heterocycles. The van der Waals surface area contributed by atoms with Gasteiger partial charge in [0.1, 0.15) is 4.21 Å². The first-order chi connectivity index (χ1) is 9.91. The zero-order valence-electron chi connectivity index (χ0n) is 12.1. The lowest BCUT2D eigenvalue weighted by Gasteiger charge is -2.15. The maximum Gasteiger partial charge on any atom is 0.321 e. The zero-order valence-corrected chi connectivity index (χ0v) is 13.7. The van der Waals surface area contributed by atoms with Crippen LogP contribution >= 0.6 is 11.3 Å². The molecule has 0 amide bonds. The van der Waals surface area contributed by atoms with Crippen LogP contribution in [-0.2, 0) is 10.0 Å². The molecule has 2 aromatic heterocycles. The van der Waals surface area contributed by atoms with Gasteiger partial charge in [-0.3, -0.25) is 0 Å². The lowest BCUT2D eigenvalue weighted by Crippen LogP contribution is -2.31.